The van der Waals surface area contributed by atoms with Crippen LogP contribution < -0.4 is 5.56 Å². The van der Waals surface area contributed by atoms with Crippen molar-refractivity contribution in [3.05, 3.63) is 70.8 Å². The first-order chi connectivity index (χ1) is 12.6. The molecule has 1 amide bonds. The highest BCUT2D eigenvalue weighted by molar-refractivity contribution is 8.00. The van der Waals surface area contributed by atoms with E-state index in [2.05, 4.69) is 9.97 Å². The van der Waals surface area contributed by atoms with Gasteiger partial charge in [-0.1, -0.05) is 30.3 Å². The number of nitrogens with one attached hydrogen (secondary N) is 1. The van der Waals surface area contributed by atoms with E-state index in [-0.39, 0.29) is 23.3 Å². The highest BCUT2D eigenvalue weighted by Gasteiger charge is 2.21. The van der Waals surface area contributed by atoms with Crippen molar-refractivity contribution in [1.29, 1.82) is 0 Å². The Labute approximate surface area is 156 Å². The molecule has 1 aromatic heterocycles. The van der Waals surface area contributed by atoms with Crippen molar-refractivity contribution in [3.63, 3.8) is 0 Å². The largest absolute Gasteiger partial charge is 0.335 e. The number of carbonyl (C=O) groups is 1. The molecule has 3 aromatic rings. The smallest absolute Gasteiger partial charge is 0.258 e. The van der Waals surface area contributed by atoms with E-state index in [0.29, 0.717) is 23.3 Å². The fourth-order valence-electron chi connectivity index (χ4n) is 2.75. The van der Waals surface area contributed by atoms with Gasteiger partial charge in [-0.2, -0.15) is 0 Å². The highest BCUT2D eigenvalue weighted by atomic mass is 32.2. The number of aromatic amines is 1. The number of fused-ring (bicyclic) bond motifs is 1. The third-order valence-electron chi connectivity index (χ3n) is 4.10. The molecule has 0 radical (unpaired) electrons. The summed E-state index contributed by atoms with van der Waals surface area (Å²) in [6.45, 7) is 4.67. The molecule has 0 aliphatic carbocycles. The van der Waals surface area contributed by atoms with Crippen LogP contribution in [0.3, 0.4) is 0 Å². The van der Waals surface area contributed by atoms with E-state index in [1.807, 2.05) is 56.3 Å². The van der Waals surface area contributed by atoms with Gasteiger partial charge in [0.25, 0.3) is 5.56 Å². The molecule has 0 saturated heterocycles. The summed E-state index contributed by atoms with van der Waals surface area (Å²) in [6.07, 6.45) is 0. The Morgan fingerprint density at radius 3 is 2.58 bits per heavy atom. The van der Waals surface area contributed by atoms with Crippen LogP contribution in [0.5, 0.6) is 0 Å². The summed E-state index contributed by atoms with van der Waals surface area (Å²) in [5, 5.41) is 0.336. The quantitative estimate of drug-likeness (QED) is 0.678. The normalized spacial score (nSPS) is 12.1. The van der Waals surface area contributed by atoms with Gasteiger partial charge in [0.15, 0.2) is 0 Å². The number of para-hydroxylation sites is 1. The first kappa shape index (κ1) is 18.2. The first-order valence-corrected chi connectivity index (χ1v) is 9.45. The van der Waals surface area contributed by atoms with Gasteiger partial charge < -0.3 is 9.88 Å². The molecule has 2 aromatic carbocycles. The number of H-pyrrole nitrogens is 1. The third-order valence-corrected chi connectivity index (χ3v) is 5.20. The number of rotatable bonds is 6. The van der Waals surface area contributed by atoms with Crippen LogP contribution in [-0.2, 0) is 11.3 Å². The molecule has 0 saturated carbocycles. The van der Waals surface area contributed by atoms with E-state index in [0.717, 1.165) is 4.90 Å². The van der Waals surface area contributed by atoms with E-state index in [1.54, 1.807) is 17.0 Å². The van der Waals surface area contributed by atoms with Crippen molar-refractivity contribution in [2.45, 2.75) is 30.5 Å². The van der Waals surface area contributed by atoms with Crippen LogP contribution in [0.4, 0.5) is 0 Å². The maximum Gasteiger partial charge on any atom is 0.258 e. The predicted octanol–water partition coefficient (Wildman–Crippen LogP) is 3.45. The first-order valence-electron chi connectivity index (χ1n) is 8.57. The third kappa shape index (κ3) is 4.14. The molecule has 1 atom stereocenters. The second-order valence-corrected chi connectivity index (χ2v) is 7.37. The summed E-state index contributed by atoms with van der Waals surface area (Å²) >= 11 is 1.53. The van der Waals surface area contributed by atoms with Gasteiger partial charge in [0, 0.05) is 11.4 Å². The number of hydrogen-bond donors (Lipinski definition) is 1. The summed E-state index contributed by atoms with van der Waals surface area (Å²) in [5.74, 6) is 0.526. The van der Waals surface area contributed by atoms with E-state index in [1.165, 1.54) is 11.8 Å². The van der Waals surface area contributed by atoms with E-state index in [9.17, 15) is 9.59 Å². The summed E-state index contributed by atoms with van der Waals surface area (Å²) < 4.78 is 0. The van der Waals surface area contributed by atoms with Crippen molar-refractivity contribution in [2.24, 2.45) is 0 Å². The molecule has 3 rings (SSSR count). The van der Waals surface area contributed by atoms with E-state index >= 15 is 0 Å². The molecule has 1 N–H and O–H groups in total. The average Bonchev–Trinajstić information content (AvgIpc) is 2.66. The Bertz CT molecular complexity index is 956. The van der Waals surface area contributed by atoms with Gasteiger partial charge in [-0.05, 0) is 38.1 Å². The van der Waals surface area contributed by atoms with Crippen LogP contribution >= 0.6 is 11.8 Å². The molecule has 0 spiro atoms. The van der Waals surface area contributed by atoms with Gasteiger partial charge in [0.1, 0.15) is 5.82 Å². The Balaban J connectivity index is 1.76. The van der Waals surface area contributed by atoms with Crippen molar-refractivity contribution in [1.82, 2.24) is 14.9 Å². The lowest BCUT2D eigenvalue weighted by atomic mass is 10.2. The fraction of sp³-hybridized carbons (Fsp3) is 0.250. The summed E-state index contributed by atoms with van der Waals surface area (Å²) in [5.41, 5.74) is 0.460. The second kappa shape index (κ2) is 8.19. The minimum Gasteiger partial charge on any atom is -0.335 e. The number of carbonyl (C=O) groups excluding carboxylic acids is 1. The minimum atomic E-state index is -0.218. The summed E-state index contributed by atoms with van der Waals surface area (Å²) in [6, 6.07) is 17.1. The van der Waals surface area contributed by atoms with Gasteiger partial charge in [0.05, 0.1) is 22.7 Å². The molecule has 0 bridgehead atoms. The number of aromatic nitrogens is 2. The fourth-order valence-corrected chi connectivity index (χ4v) is 3.72. The lowest BCUT2D eigenvalue weighted by Crippen LogP contribution is -2.36. The monoisotopic (exact) mass is 367 g/mol. The second-order valence-electron chi connectivity index (χ2n) is 5.96. The van der Waals surface area contributed by atoms with Gasteiger partial charge >= 0.3 is 0 Å². The van der Waals surface area contributed by atoms with Crippen LogP contribution in [0.15, 0.2) is 64.3 Å². The Hall–Kier alpha value is -2.60. The molecule has 26 heavy (non-hydrogen) atoms. The van der Waals surface area contributed by atoms with Crippen molar-refractivity contribution in [3.8, 4) is 0 Å². The zero-order valence-corrected chi connectivity index (χ0v) is 15.6. The zero-order valence-electron chi connectivity index (χ0n) is 14.8. The number of thioether (sulfide) groups is 1. The van der Waals surface area contributed by atoms with Gasteiger partial charge in [-0.15, -0.1) is 11.8 Å². The Kier molecular flexibility index (Phi) is 5.73. The lowest BCUT2D eigenvalue weighted by Gasteiger charge is -2.23. The molecule has 134 valence electrons. The summed E-state index contributed by atoms with van der Waals surface area (Å²) in [7, 11) is 0. The minimum absolute atomic E-state index is 0.0251. The van der Waals surface area contributed by atoms with Crippen molar-refractivity contribution >= 4 is 28.6 Å². The molecule has 5 nitrogen and oxygen atoms in total. The average molecular weight is 367 g/mol. The Morgan fingerprint density at radius 1 is 1.15 bits per heavy atom. The molecule has 6 heteroatoms. The molecule has 0 aliphatic heterocycles. The van der Waals surface area contributed by atoms with E-state index < -0.39 is 0 Å². The number of nitrogens with zero attached hydrogens (tertiary/aromatic N) is 2. The maximum absolute atomic E-state index is 12.8. The van der Waals surface area contributed by atoms with Crippen LogP contribution in [0.2, 0.25) is 0 Å². The molecular weight excluding hydrogens is 346 g/mol. The topological polar surface area (TPSA) is 66.1 Å². The number of amides is 1. The van der Waals surface area contributed by atoms with Gasteiger partial charge in [-0.25, -0.2) is 4.98 Å². The SMILES string of the molecule is CCN(Cc1nc2ccccc2c(=O)[nH]1)C(=O)C(C)Sc1ccccc1. The van der Waals surface area contributed by atoms with Crippen molar-refractivity contribution < 1.29 is 4.79 Å². The van der Waals surface area contributed by atoms with Crippen LogP contribution in [-0.4, -0.2) is 32.6 Å². The lowest BCUT2D eigenvalue weighted by molar-refractivity contribution is -0.130. The van der Waals surface area contributed by atoms with Gasteiger partial charge in [0.2, 0.25) is 5.91 Å². The van der Waals surface area contributed by atoms with Crippen LogP contribution in [0.1, 0.15) is 19.7 Å². The standard InChI is InChI=1S/C20H21N3O2S/c1-3-23(20(25)14(2)26-15-9-5-4-6-10-15)13-18-21-17-12-8-7-11-16(17)19(24)22-18/h4-12,14H,3,13H2,1-2H3,(H,21,22,24). The van der Waals surface area contributed by atoms with Crippen molar-refractivity contribution in [2.75, 3.05) is 6.54 Å². The zero-order chi connectivity index (χ0) is 18.5. The number of benzene rings is 2. The molecule has 1 unspecified atom stereocenters. The Morgan fingerprint density at radius 2 is 1.85 bits per heavy atom. The maximum atomic E-state index is 12.8. The molecule has 1 heterocycles. The van der Waals surface area contributed by atoms with E-state index in [4.69, 9.17) is 0 Å². The predicted molar refractivity (Wildman–Crippen MR) is 105 cm³/mol. The summed E-state index contributed by atoms with van der Waals surface area (Å²) in [4.78, 5) is 35.1. The molecule has 0 aliphatic rings. The van der Waals surface area contributed by atoms with Crippen LogP contribution in [0, 0.1) is 0 Å². The van der Waals surface area contributed by atoms with Gasteiger partial charge in [-0.3, -0.25) is 9.59 Å². The highest BCUT2D eigenvalue weighted by Crippen LogP contribution is 2.24. The van der Waals surface area contributed by atoms with Crippen LogP contribution in [0.25, 0.3) is 10.9 Å². The molecular formula is C20H21N3O2S. The molecule has 0 fully saturated rings. The number of hydrogen-bond acceptors (Lipinski definition) is 4.